The van der Waals surface area contributed by atoms with E-state index >= 15 is 0 Å². The summed E-state index contributed by atoms with van der Waals surface area (Å²) in [4.78, 5) is 21.4. The number of anilines is 1. The van der Waals surface area contributed by atoms with Crippen molar-refractivity contribution in [1.29, 1.82) is 0 Å². The molecule has 29 heavy (non-hydrogen) atoms. The molecule has 0 aliphatic rings. The van der Waals surface area contributed by atoms with Gasteiger partial charge in [-0.1, -0.05) is 24.3 Å². The van der Waals surface area contributed by atoms with Crippen LogP contribution in [0.5, 0.6) is 11.5 Å². The van der Waals surface area contributed by atoms with Gasteiger partial charge in [0.1, 0.15) is 11.5 Å². The highest BCUT2D eigenvalue weighted by Crippen LogP contribution is 2.25. The van der Waals surface area contributed by atoms with Gasteiger partial charge in [-0.2, -0.15) is 0 Å². The Morgan fingerprint density at radius 3 is 2.28 bits per heavy atom. The topological polar surface area (TPSA) is 84.8 Å². The Morgan fingerprint density at radius 1 is 0.966 bits per heavy atom. The number of nitrogens with zero attached hydrogens (tertiary/aromatic N) is 2. The lowest BCUT2D eigenvalue weighted by molar-refractivity contribution is 0.0977. The van der Waals surface area contributed by atoms with E-state index in [4.69, 9.17) is 9.47 Å². The summed E-state index contributed by atoms with van der Waals surface area (Å²) in [7, 11) is 3.15. The number of ether oxygens (including phenoxy) is 2. The maximum atomic E-state index is 12.6. The summed E-state index contributed by atoms with van der Waals surface area (Å²) in [5.74, 6) is 1.25. The monoisotopic (exact) mass is 390 g/mol. The molecule has 0 radical (unpaired) electrons. The van der Waals surface area contributed by atoms with Gasteiger partial charge in [0.05, 0.1) is 26.5 Å². The molecule has 0 unspecified atom stereocenters. The third-order valence-electron chi connectivity index (χ3n) is 4.01. The van der Waals surface area contributed by atoms with E-state index in [1.54, 1.807) is 62.9 Å². The van der Waals surface area contributed by atoms with Crippen LogP contribution in [0.3, 0.4) is 0 Å². The molecule has 7 heteroatoms. The molecular formula is C22H22N4O3. The molecule has 0 saturated heterocycles. The first-order valence-electron chi connectivity index (χ1n) is 8.99. The van der Waals surface area contributed by atoms with Crippen molar-refractivity contribution >= 4 is 17.6 Å². The first-order chi connectivity index (χ1) is 14.2. The lowest BCUT2D eigenvalue weighted by atomic mass is 10.2. The molecule has 3 rings (SSSR count). The summed E-state index contributed by atoms with van der Waals surface area (Å²) in [5, 5.41) is 5.95. The first-order valence-corrected chi connectivity index (χ1v) is 8.99. The number of carbonyl (C=O) groups is 1. The van der Waals surface area contributed by atoms with E-state index in [1.165, 1.54) is 0 Å². The minimum absolute atomic E-state index is 0.271. The van der Waals surface area contributed by atoms with E-state index in [0.29, 0.717) is 35.3 Å². The van der Waals surface area contributed by atoms with Gasteiger partial charge in [0.15, 0.2) is 0 Å². The minimum Gasteiger partial charge on any atom is -0.497 e. The van der Waals surface area contributed by atoms with Gasteiger partial charge in [0.2, 0.25) is 5.96 Å². The molecule has 0 saturated carbocycles. The van der Waals surface area contributed by atoms with Crippen molar-refractivity contribution in [1.82, 2.24) is 10.3 Å². The second-order valence-corrected chi connectivity index (χ2v) is 6.03. The van der Waals surface area contributed by atoms with Crippen LogP contribution >= 0.6 is 0 Å². The number of carbonyl (C=O) groups excluding carboxylic acids is 1. The number of methoxy groups -OCH3 is 2. The number of hydrogen-bond acceptors (Lipinski definition) is 5. The maximum Gasteiger partial charge on any atom is 0.257 e. The van der Waals surface area contributed by atoms with Crippen molar-refractivity contribution in [3.8, 4) is 11.5 Å². The zero-order chi connectivity index (χ0) is 20.5. The molecule has 0 bridgehead atoms. The molecule has 2 N–H and O–H groups in total. The van der Waals surface area contributed by atoms with E-state index in [2.05, 4.69) is 20.6 Å². The molecule has 0 spiro atoms. The average Bonchev–Trinajstić information content (AvgIpc) is 2.78. The molecule has 0 fully saturated rings. The molecule has 2 aromatic carbocycles. The Labute approximate surface area is 169 Å². The van der Waals surface area contributed by atoms with Crippen LogP contribution in [0.15, 0.2) is 77.9 Å². The summed E-state index contributed by atoms with van der Waals surface area (Å²) in [5.41, 5.74) is 1.97. The number of aromatic nitrogens is 1. The fraction of sp³-hybridized carbons (Fsp3) is 0.136. The predicted octanol–water partition coefficient (Wildman–Crippen LogP) is 3.50. The highest BCUT2D eigenvalue weighted by molar-refractivity contribution is 6.10. The SMILES string of the molecule is COc1cc(NC(=NCc2ccccn2)NC(=O)c2ccccc2)cc(OC)c1. The van der Waals surface area contributed by atoms with Gasteiger partial charge in [0.25, 0.3) is 5.91 Å². The van der Waals surface area contributed by atoms with Crippen molar-refractivity contribution in [2.45, 2.75) is 6.54 Å². The van der Waals surface area contributed by atoms with Crippen LogP contribution in [0.2, 0.25) is 0 Å². The Kier molecular flexibility index (Phi) is 6.78. The molecule has 7 nitrogen and oxygen atoms in total. The minimum atomic E-state index is -0.271. The zero-order valence-electron chi connectivity index (χ0n) is 16.3. The average molecular weight is 390 g/mol. The van der Waals surface area contributed by atoms with Crippen LogP contribution in [0.25, 0.3) is 0 Å². The van der Waals surface area contributed by atoms with Crippen LogP contribution in [0.1, 0.15) is 16.1 Å². The van der Waals surface area contributed by atoms with Gasteiger partial charge in [-0.3, -0.25) is 15.1 Å². The second kappa shape index (κ2) is 9.89. The zero-order valence-corrected chi connectivity index (χ0v) is 16.3. The van der Waals surface area contributed by atoms with Gasteiger partial charge in [-0.25, -0.2) is 4.99 Å². The standard InChI is InChI=1S/C22H22N4O3/c1-28-19-12-18(13-20(14-19)29-2)25-22(24-15-17-10-6-7-11-23-17)26-21(27)16-8-4-3-5-9-16/h3-14H,15H2,1-2H3,(H2,24,25,26,27). The van der Waals surface area contributed by atoms with Crippen molar-refractivity contribution in [3.05, 3.63) is 84.2 Å². The molecule has 148 valence electrons. The summed E-state index contributed by atoms with van der Waals surface area (Å²) < 4.78 is 10.6. The van der Waals surface area contributed by atoms with Crippen LogP contribution in [-0.2, 0) is 6.54 Å². The van der Waals surface area contributed by atoms with Crippen LogP contribution in [0, 0.1) is 0 Å². The first kappa shape index (κ1) is 19.9. The van der Waals surface area contributed by atoms with Gasteiger partial charge < -0.3 is 14.8 Å². The number of benzene rings is 2. The molecular weight excluding hydrogens is 368 g/mol. The van der Waals surface area contributed by atoms with Crippen molar-refractivity contribution < 1.29 is 14.3 Å². The summed E-state index contributed by atoms with van der Waals surface area (Å²) in [6.45, 7) is 0.305. The summed E-state index contributed by atoms with van der Waals surface area (Å²) >= 11 is 0. The van der Waals surface area contributed by atoms with Crippen molar-refractivity contribution in [2.24, 2.45) is 4.99 Å². The lowest BCUT2D eigenvalue weighted by Gasteiger charge is -2.14. The molecule has 0 aliphatic heterocycles. The summed E-state index contributed by atoms with van der Waals surface area (Å²) in [6.07, 6.45) is 1.70. The van der Waals surface area contributed by atoms with Gasteiger partial charge >= 0.3 is 0 Å². The number of pyridine rings is 1. The highest BCUT2D eigenvalue weighted by Gasteiger charge is 2.10. The molecule has 1 aromatic heterocycles. The van der Waals surface area contributed by atoms with Crippen LogP contribution in [-0.4, -0.2) is 31.1 Å². The normalized spacial score (nSPS) is 10.9. The number of amides is 1. The number of nitrogens with one attached hydrogen (secondary N) is 2. The number of guanidine groups is 1. The smallest absolute Gasteiger partial charge is 0.257 e. The van der Waals surface area contributed by atoms with Gasteiger partial charge in [0, 0.05) is 35.6 Å². The van der Waals surface area contributed by atoms with E-state index in [9.17, 15) is 4.79 Å². The van der Waals surface area contributed by atoms with E-state index in [1.807, 2.05) is 24.3 Å². The Balaban J connectivity index is 1.85. The number of rotatable bonds is 6. The number of hydrogen-bond donors (Lipinski definition) is 2. The largest absolute Gasteiger partial charge is 0.497 e. The lowest BCUT2D eigenvalue weighted by Crippen LogP contribution is -2.36. The third kappa shape index (κ3) is 5.80. The molecule has 0 atom stereocenters. The Bertz CT molecular complexity index is 954. The van der Waals surface area contributed by atoms with Crippen molar-refractivity contribution in [3.63, 3.8) is 0 Å². The maximum absolute atomic E-state index is 12.6. The molecule has 1 heterocycles. The van der Waals surface area contributed by atoms with Crippen LogP contribution in [0.4, 0.5) is 5.69 Å². The summed E-state index contributed by atoms with van der Waals surface area (Å²) in [6, 6.07) is 19.9. The Hall–Kier alpha value is -3.87. The Morgan fingerprint density at radius 2 is 1.66 bits per heavy atom. The van der Waals surface area contributed by atoms with Gasteiger partial charge in [-0.05, 0) is 24.3 Å². The fourth-order valence-corrected chi connectivity index (χ4v) is 2.55. The van der Waals surface area contributed by atoms with E-state index < -0.39 is 0 Å². The fourth-order valence-electron chi connectivity index (χ4n) is 2.55. The van der Waals surface area contributed by atoms with Gasteiger partial charge in [-0.15, -0.1) is 0 Å². The third-order valence-corrected chi connectivity index (χ3v) is 4.01. The quantitative estimate of drug-likeness (QED) is 0.497. The number of aliphatic imine (C=N–C) groups is 1. The molecule has 0 aliphatic carbocycles. The van der Waals surface area contributed by atoms with E-state index in [-0.39, 0.29) is 5.91 Å². The molecule has 3 aromatic rings. The van der Waals surface area contributed by atoms with Crippen molar-refractivity contribution in [2.75, 3.05) is 19.5 Å². The molecule has 1 amide bonds. The van der Waals surface area contributed by atoms with E-state index in [0.717, 1.165) is 5.69 Å². The second-order valence-electron chi connectivity index (χ2n) is 6.03. The van der Waals surface area contributed by atoms with Crippen LogP contribution < -0.4 is 20.1 Å². The highest BCUT2D eigenvalue weighted by atomic mass is 16.5. The predicted molar refractivity (Wildman–Crippen MR) is 112 cm³/mol.